The molecule has 2 aromatic heterocycles. The van der Waals surface area contributed by atoms with E-state index in [1.165, 1.54) is 108 Å². The Kier molecular flexibility index (Phi) is 10.3. The Morgan fingerprint density at radius 1 is 0.571 bits per heavy atom. The zero-order chi connectivity index (χ0) is 48.2. The Bertz CT molecular complexity index is 3740. The van der Waals surface area contributed by atoms with E-state index < -0.39 is 10.8 Å². The van der Waals surface area contributed by atoms with Gasteiger partial charge in [0, 0.05) is 46.5 Å². The lowest BCUT2D eigenvalue weighted by molar-refractivity contribution is 0.104. The fraction of sp³-hybridized carbons (Fsp3) is 0.141. The molecule has 3 aliphatic rings. The van der Waals surface area contributed by atoms with Crippen LogP contribution in [-0.4, -0.2) is 12.0 Å². The van der Waals surface area contributed by atoms with E-state index in [0.29, 0.717) is 28.7 Å². The summed E-state index contributed by atoms with van der Waals surface area (Å²) >= 11 is 5.66. The molecule has 0 fully saturated rings. The average molecular weight is 955 g/mol. The third-order valence-electron chi connectivity index (χ3n) is 15.1. The van der Waals surface area contributed by atoms with Crippen LogP contribution in [0.25, 0.3) is 36.5 Å². The number of allylic oxidation sites excluding steroid dienone is 4. The van der Waals surface area contributed by atoms with Gasteiger partial charge in [-0.25, -0.2) is 0 Å². The van der Waals surface area contributed by atoms with E-state index in [0.717, 1.165) is 5.56 Å². The van der Waals surface area contributed by atoms with Gasteiger partial charge in [-0.2, -0.15) is 10.5 Å². The Morgan fingerprint density at radius 3 is 1.53 bits per heavy atom. The maximum Gasteiger partial charge on any atom is 0.194 e. The van der Waals surface area contributed by atoms with Gasteiger partial charge in [0.2, 0.25) is 0 Å². The van der Waals surface area contributed by atoms with E-state index in [-0.39, 0.29) is 11.4 Å². The molecule has 0 atom stereocenters. The number of rotatable bonds is 7. The van der Waals surface area contributed by atoms with Crippen molar-refractivity contribution in [3.05, 3.63) is 257 Å². The largest absolute Gasteiger partial charge is 0.289 e. The van der Waals surface area contributed by atoms with E-state index >= 15 is 0 Å². The maximum absolute atomic E-state index is 13.9. The second kappa shape index (κ2) is 16.4. The Hall–Kier alpha value is -7.32. The van der Waals surface area contributed by atoms with Crippen molar-refractivity contribution >= 4 is 55.9 Å². The minimum Gasteiger partial charge on any atom is -0.289 e. The number of fused-ring (bicyclic) bond motifs is 9. The van der Waals surface area contributed by atoms with Crippen LogP contribution in [0.15, 0.2) is 174 Å². The quantitative estimate of drug-likeness (QED) is 0.0907. The van der Waals surface area contributed by atoms with Crippen LogP contribution in [-0.2, 0) is 17.3 Å². The van der Waals surface area contributed by atoms with Crippen LogP contribution in [0, 0.1) is 57.3 Å². The van der Waals surface area contributed by atoms with Gasteiger partial charge in [-0.15, -0.1) is 34.4 Å². The van der Waals surface area contributed by atoms with Crippen molar-refractivity contribution in [2.45, 2.75) is 56.8 Å². The molecule has 7 aromatic carbocycles. The first-order chi connectivity index (χ1) is 34.0. The molecule has 0 saturated heterocycles. The molecule has 0 spiro atoms. The number of hydrogen-bond donors (Lipinski definition) is 0. The number of ketones is 1. The highest BCUT2D eigenvalue weighted by molar-refractivity contribution is 7.98. The first-order valence-corrected chi connectivity index (χ1v) is 26.5. The second-order valence-corrected chi connectivity index (χ2v) is 22.2. The average Bonchev–Trinajstić information content (AvgIpc) is 4.14. The molecular weight excluding hydrogens is 909 g/mol. The lowest BCUT2D eigenvalue weighted by Gasteiger charge is -2.36. The number of nitriles is 2. The van der Waals surface area contributed by atoms with Crippen LogP contribution < -0.4 is 0 Å². The van der Waals surface area contributed by atoms with Crippen LogP contribution in [0.1, 0.15) is 93.1 Å². The molecule has 9 aromatic rings. The minimum absolute atomic E-state index is 0.0491. The highest BCUT2D eigenvalue weighted by Crippen LogP contribution is 2.67. The van der Waals surface area contributed by atoms with E-state index in [9.17, 15) is 15.3 Å². The highest BCUT2D eigenvalue weighted by atomic mass is 32.2. The third kappa shape index (κ3) is 6.14. The van der Waals surface area contributed by atoms with Gasteiger partial charge in [-0.05, 0) is 132 Å². The van der Waals surface area contributed by atoms with E-state index in [4.69, 9.17) is 0 Å². The lowest BCUT2D eigenvalue weighted by Crippen LogP contribution is -2.30. The topological polar surface area (TPSA) is 64.7 Å². The van der Waals surface area contributed by atoms with Crippen molar-refractivity contribution in [2.75, 3.05) is 6.26 Å². The zero-order valence-electron chi connectivity index (χ0n) is 39.7. The molecular formula is C64H46N2OS3. The Labute approximate surface area is 421 Å². The van der Waals surface area contributed by atoms with Crippen LogP contribution >= 0.6 is 34.4 Å². The van der Waals surface area contributed by atoms with Crippen molar-refractivity contribution in [1.29, 1.82) is 10.5 Å². The molecule has 3 nitrogen and oxygen atoms in total. The van der Waals surface area contributed by atoms with Crippen molar-refractivity contribution in [1.82, 2.24) is 0 Å². The monoisotopic (exact) mass is 954 g/mol. The standard InChI is InChI=1S/C64H46N2OS3/c1-36-11-21-43(22-12-36)63(44-23-13-37(2)14-24-44)53-33-52-54(64(45-25-15-38(3)16-26-45,46-27-17-39(4)18-28-46)58-60(68-6)40(5)69-62(52)58)32-51(53)61-57(63)49-29-19-41(31-55(49)70-61)20-30-50-56(42(34-65)35-66)47-9-7-8-10-48(47)59(50)67/h7-19,21-33H,20H2,1-6H3/b50-30-. The summed E-state index contributed by atoms with van der Waals surface area (Å²) in [7, 11) is 0. The van der Waals surface area contributed by atoms with Crippen LogP contribution in [0.5, 0.6) is 0 Å². The lowest BCUT2D eigenvalue weighted by atomic mass is 9.65. The number of carbonyl (C=O) groups is 1. The first-order valence-electron chi connectivity index (χ1n) is 23.6. The smallest absolute Gasteiger partial charge is 0.194 e. The molecule has 2 heterocycles. The third-order valence-corrected chi connectivity index (χ3v) is 18.5. The molecule has 0 bridgehead atoms. The molecule has 336 valence electrons. The molecule has 0 saturated carbocycles. The summed E-state index contributed by atoms with van der Waals surface area (Å²) in [5.74, 6) is -0.156. The van der Waals surface area contributed by atoms with Crippen molar-refractivity contribution in [3.8, 4) is 33.0 Å². The number of Topliss-reactive ketones (excluding diaryl/α,β-unsaturated/α-hetero) is 1. The molecule has 0 unspecified atom stereocenters. The normalized spacial score (nSPS) is 15.1. The molecule has 0 radical (unpaired) electrons. The number of thiophene rings is 2. The van der Waals surface area contributed by atoms with E-state index in [1.54, 1.807) is 6.07 Å². The number of benzene rings is 7. The van der Waals surface area contributed by atoms with Crippen LogP contribution in [0.4, 0.5) is 0 Å². The van der Waals surface area contributed by atoms with Crippen LogP contribution in [0.3, 0.4) is 0 Å². The number of hydrogen-bond acceptors (Lipinski definition) is 6. The van der Waals surface area contributed by atoms with Crippen molar-refractivity contribution < 1.29 is 4.79 Å². The predicted molar refractivity (Wildman–Crippen MR) is 290 cm³/mol. The minimum atomic E-state index is -0.649. The Morgan fingerprint density at radius 2 is 1.04 bits per heavy atom. The summed E-state index contributed by atoms with van der Waals surface area (Å²) in [4.78, 5) is 19.2. The van der Waals surface area contributed by atoms with Gasteiger partial charge in [-0.3, -0.25) is 4.79 Å². The van der Waals surface area contributed by atoms with E-state index in [1.807, 2.05) is 58.7 Å². The number of nitrogens with zero attached hydrogens (tertiary/aromatic N) is 2. The summed E-state index contributed by atoms with van der Waals surface area (Å²) in [6.45, 7) is 11.0. The second-order valence-electron chi connectivity index (χ2n) is 19.1. The summed E-state index contributed by atoms with van der Waals surface area (Å²) in [5.41, 5.74) is 19.5. The van der Waals surface area contributed by atoms with Gasteiger partial charge in [0.25, 0.3) is 0 Å². The summed E-state index contributed by atoms with van der Waals surface area (Å²) in [5, 5.41) is 21.2. The van der Waals surface area contributed by atoms with Gasteiger partial charge in [-0.1, -0.05) is 162 Å². The van der Waals surface area contributed by atoms with Crippen molar-refractivity contribution in [3.63, 3.8) is 0 Å². The van der Waals surface area contributed by atoms with Gasteiger partial charge >= 0.3 is 0 Å². The summed E-state index contributed by atoms with van der Waals surface area (Å²) in [6, 6.07) is 60.3. The van der Waals surface area contributed by atoms with Crippen LogP contribution in [0.2, 0.25) is 0 Å². The molecule has 0 aliphatic heterocycles. The molecule has 70 heavy (non-hydrogen) atoms. The molecule has 12 rings (SSSR count). The summed E-state index contributed by atoms with van der Waals surface area (Å²) in [6.07, 6.45) is 4.61. The first kappa shape index (κ1) is 43.9. The predicted octanol–water partition coefficient (Wildman–Crippen LogP) is 16.1. The highest BCUT2D eigenvalue weighted by Gasteiger charge is 2.54. The van der Waals surface area contributed by atoms with Crippen molar-refractivity contribution in [2.24, 2.45) is 0 Å². The maximum atomic E-state index is 13.9. The van der Waals surface area contributed by atoms with Gasteiger partial charge in [0.1, 0.15) is 17.7 Å². The molecule has 6 heteroatoms. The molecule has 3 aliphatic carbocycles. The van der Waals surface area contributed by atoms with Gasteiger partial charge in [0.05, 0.1) is 10.8 Å². The van der Waals surface area contributed by atoms with Gasteiger partial charge < -0.3 is 0 Å². The summed E-state index contributed by atoms with van der Waals surface area (Å²) < 4.78 is 1.17. The van der Waals surface area contributed by atoms with E-state index in [2.05, 4.69) is 180 Å². The fourth-order valence-electron chi connectivity index (χ4n) is 11.9. The number of carbonyl (C=O) groups excluding carboxylic acids is 1. The molecule has 0 amide bonds. The zero-order valence-corrected chi connectivity index (χ0v) is 42.2. The number of thioether (sulfide) groups is 1. The Balaban J connectivity index is 1.15. The SMILES string of the molecule is CSc1c(C)sc2c1C(c1ccc(C)cc1)(c1ccc(C)cc1)c1cc3c(cc1-2)C(c1ccc(C)cc1)(c1ccc(C)cc1)c1c-3sc2cc(C/C=C3\C(=O)c4ccccc4C3=C(C#N)C#N)ccc12. The number of aryl methyl sites for hydroxylation is 5. The molecule has 0 N–H and O–H groups in total. The fourth-order valence-corrected chi connectivity index (χ4v) is 15.5. The van der Waals surface area contributed by atoms with Gasteiger partial charge in [0.15, 0.2) is 5.78 Å².